The van der Waals surface area contributed by atoms with E-state index in [1.807, 2.05) is 0 Å². The second kappa shape index (κ2) is 9.02. The average Bonchev–Trinajstić information content (AvgIpc) is 3.41. The third kappa shape index (κ3) is 4.65. The third-order valence-corrected chi connectivity index (χ3v) is 6.07. The molecule has 5 rings (SSSR count). The highest BCUT2D eigenvalue weighted by Gasteiger charge is 2.46. The van der Waals surface area contributed by atoms with E-state index in [-0.39, 0.29) is 52.5 Å². The largest absolute Gasteiger partial charge is 0.479 e. The molecule has 1 aromatic carbocycles. The van der Waals surface area contributed by atoms with Crippen LogP contribution in [-0.2, 0) is 11.3 Å². The second-order valence-electron chi connectivity index (χ2n) is 8.63. The van der Waals surface area contributed by atoms with Crippen molar-refractivity contribution in [2.45, 2.75) is 38.0 Å². The van der Waals surface area contributed by atoms with Crippen molar-refractivity contribution in [3.05, 3.63) is 30.2 Å². The molecule has 1 aliphatic rings. The van der Waals surface area contributed by atoms with Crippen LogP contribution in [0.2, 0.25) is 0 Å². The second-order valence-corrected chi connectivity index (χ2v) is 8.63. The molecule has 4 aromatic rings. The lowest BCUT2D eigenvalue weighted by atomic mass is 10.0. The number of ether oxygens (including phenoxy) is 1. The molecule has 0 radical (unpaired) electrons. The lowest BCUT2D eigenvalue weighted by molar-refractivity contribution is -0.142. The fourth-order valence-electron chi connectivity index (χ4n) is 4.35. The Hall–Kier alpha value is -4.11. The Bertz CT molecular complexity index is 1640. The first-order chi connectivity index (χ1) is 19.1. The van der Waals surface area contributed by atoms with Gasteiger partial charge in [0.25, 0.3) is 5.92 Å². The van der Waals surface area contributed by atoms with Crippen molar-refractivity contribution in [1.29, 1.82) is 0 Å². The molecule has 10 nitrogen and oxygen atoms in total. The summed E-state index contributed by atoms with van der Waals surface area (Å²) in [7, 11) is 1.19. The van der Waals surface area contributed by atoms with Gasteiger partial charge in [0, 0.05) is 17.5 Å². The smallest absolute Gasteiger partial charge is 0.408 e. The van der Waals surface area contributed by atoms with Crippen LogP contribution in [-0.4, -0.2) is 78.7 Å². The minimum absolute atomic E-state index is 0.0118. The maximum Gasteiger partial charge on any atom is 0.408 e. The quantitative estimate of drug-likeness (QED) is 0.383. The van der Waals surface area contributed by atoms with Crippen molar-refractivity contribution >= 4 is 28.4 Å². The molecule has 202 valence electrons. The number of halogens is 6. The number of rotatable bonds is 5. The normalized spacial score (nSPS) is 19.3. The number of fused-ring (bicyclic) bond motifs is 2. The minimum atomic E-state index is -4.58. The monoisotopic (exact) mass is 545 g/mol. The summed E-state index contributed by atoms with van der Waals surface area (Å²) in [5.41, 5.74) is 0.0987. The molecule has 1 aliphatic heterocycles. The molecule has 0 saturated carbocycles. The number of carbonyl (C=O) groups excluding carboxylic acids is 1. The molecule has 0 unspecified atom stereocenters. The van der Waals surface area contributed by atoms with Crippen molar-refractivity contribution in [3.8, 4) is 17.0 Å². The summed E-state index contributed by atoms with van der Waals surface area (Å²) in [5.74, 6) is -6.42. The summed E-state index contributed by atoms with van der Waals surface area (Å²) in [4.78, 5) is 16.6. The molecule has 1 fully saturated rings. The first-order valence-corrected chi connectivity index (χ1v) is 11.0. The number of hydrogen-bond donors (Lipinski definition) is 1. The first kappa shape index (κ1) is 21.9. The molecule has 0 bridgehead atoms. The highest BCUT2D eigenvalue weighted by atomic mass is 19.4. The third-order valence-electron chi connectivity index (χ3n) is 6.07. The molecule has 4 heterocycles. The van der Waals surface area contributed by atoms with Crippen LogP contribution in [0.3, 0.4) is 0 Å². The predicted octanol–water partition coefficient (Wildman–Crippen LogP) is 3.52. The van der Waals surface area contributed by atoms with Crippen LogP contribution in [0.5, 0.6) is 5.88 Å². The Balaban J connectivity index is 1.48. The average molecular weight is 545 g/mol. The number of aromatic nitrogens is 6. The molecule has 3 aromatic heterocycles. The maximum atomic E-state index is 15.2. The van der Waals surface area contributed by atoms with E-state index in [1.165, 1.54) is 25.3 Å². The summed E-state index contributed by atoms with van der Waals surface area (Å²) in [6.45, 7) is -5.89. The number of anilines is 1. The number of hydrogen-bond acceptors (Lipinski definition) is 7. The Morgan fingerprint density at radius 1 is 1.34 bits per heavy atom. The van der Waals surface area contributed by atoms with Gasteiger partial charge in [-0.25, -0.2) is 22.4 Å². The van der Waals surface area contributed by atoms with Gasteiger partial charge in [0.1, 0.15) is 17.6 Å². The fourth-order valence-corrected chi connectivity index (χ4v) is 4.35. The molecule has 38 heavy (non-hydrogen) atoms. The number of carbonyl (C=O) groups is 1. The molecule has 16 heteroatoms. The molecular weight excluding hydrogens is 522 g/mol. The number of likely N-dealkylation sites (tertiary alicyclic amines) is 1. The highest BCUT2D eigenvalue weighted by molar-refractivity contribution is 5.89. The van der Waals surface area contributed by atoms with Gasteiger partial charge in [-0.1, -0.05) is 11.3 Å². The topological polar surface area (TPSA) is 102 Å². The van der Waals surface area contributed by atoms with Crippen molar-refractivity contribution in [3.63, 3.8) is 0 Å². The van der Waals surface area contributed by atoms with Gasteiger partial charge in [-0.05, 0) is 24.1 Å². The van der Waals surface area contributed by atoms with Gasteiger partial charge in [-0.2, -0.15) is 18.2 Å². The lowest BCUT2D eigenvalue weighted by Crippen LogP contribution is -2.55. The molecule has 1 atom stereocenters. The Labute approximate surface area is 214 Å². The number of nitrogens with zero attached hydrogens (tertiary/aromatic N) is 7. The van der Waals surface area contributed by atoms with Crippen LogP contribution in [0.4, 0.5) is 32.3 Å². The van der Waals surface area contributed by atoms with Crippen LogP contribution in [0.15, 0.2) is 24.4 Å². The predicted molar refractivity (Wildman–Crippen MR) is 121 cm³/mol. The van der Waals surface area contributed by atoms with Crippen molar-refractivity contribution in [2.75, 3.05) is 25.5 Å². The van der Waals surface area contributed by atoms with Crippen molar-refractivity contribution in [1.82, 2.24) is 34.5 Å². The standard InChI is InChI=1S/C22H20F6N8O2/c1-11(37)34-6-5-16(21(24,25)9-34)29-20-30-19(38-2)18-17(13(23)8-35(18)32-20)12-3-4-14-15(7-12)36(33-31-14)10-22(26,27)28/h3-4,7-8,16H,5-6,9-10H2,1-2H3,(H,29,32)/t16-/m1/s1/i1D3. The van der Waals surface area contributed by atoms with Crippen LogP contribution in [0.1, 0.15) is 17.4 Å². The van der Waals surface area contributed by atoms with Gasteiger partial charge >= 0.3 is 6.18 Å². The zero-order valence-corrected chi connectivity index (χ0v) is 19.4. The number of amides is 1. The maximum absolute atomic E-state index is 15.2. The van der Waals surface area contributed by atoms with Crippen LogP contribution >= 0.6 is 0 Å². The molecule has 0 spiro atoms. The first-order valence-electron chi connectivity index (χ1n) is 12.5. The van der Waals surface area contributed by atoms with Crippen molar-refractivity contribution in [2.24, 2.45) is 0 Å². The van der Waals surface area contributed by atoms with E-state index in [0.29, 0.717) is 9.58 Å². The van der Waals surface area contributed by atoms with E-state index >= 15 is 4.39 Å². The number of methoxy groups -OCH3 is 1. The minimum Gasteiger partial charge on any atom is -0.479 e. The van der Waals surface area contributed by atoms with Gasteiger partial charge in [-0.15, -0.1) is 10.2 Å². The fraction of sp³-hybridized carbons (Fsp3) is 0.409. The van der Waals surface area contributed by atoms with Gasteiger partial charge in [0.05, 0.1) is 37.0 Å². The molecule has 0 aliphatic carbocycles. The summed E-state index contributed by atoms with van der Waals surface area (Å²) in [6, 6.07) is 2.43. The van der Waals surface area contributed by atoms with Gasteiger partial charge in [0.2, 0.25) is 17.7 Å². The van der Waals surface area contributed by atoms with E-state index in [0.717, 1.165) is 10.7 Å². The highest BCUT2D eigenvalue weighted by Crippen LogP contribution is 2.36. The summed E-state index contributed by atoms with van der Waals surface area (Å²) in [6.07, 6.45) is -4.00. The van der Waals surface area contributed by atoms with Crippen LogP contribution in [0, 0.1) is 5.82 Å². The van der Waals surface area contributed by atoms with Gasteiger partial charge in [0.15, 0.2) is 5.82 Å². The van der Waals surface area contributed by atoms with E-state index in [2.05, 4.69) is 25.7 Å². The number of benzene rings is 1. The lowest BCUT2D eigenvalue weighted by Gasteiger charge is -2.38. The zero-order chi connectivity index (χ0) is 29.9. The van der Waals surface area contributed by atoms with E-state index in [9.17, 15) is 26.7 Å². The van der Waals surface area contributed by atoms with Gasteiger partial charge < -0.3 is 15.0 Å². The zero-order valence-electron chi connectivity index (χ0n) is 22.4. The molecule has 1 N–H and O–H groups in total. The van der Waals surface area contributed by atoms with E-state index in [4.69, 9.17) is 8.85 Å². The molecule has 1 amide bonds. The Morgan fingerprint density at radius 2 is 2.13 bits per heavy atom. The molecule has 1 saturated heterocycles. The summed E-state index contributed by atoms with van der Waals surface area (Å²) in [5, 5.41) is 13.7. The molecular formula is C22H20F6N8O2. The van der Waals surface area contributed by atoms with E-state index < -0.39 is 49.8 Å². The van der Waals surface area contributed by atoms with Crippen molar-refractivity contribution < 1.29 is 40.0 Å². The van der Waals surface area contributed by atoms with Crippen LogP contribution < -0.4 is 10.1 Å². The Morgan fingerprint density at radius 3 is 2.82 bits per heavy atom. The van der Waals surface area contributed by atoms with Crippen LogP contribution in [0.25, 0.3) is 27.7 Å². The Kier molecular flexibility index (Phi) is 5.21. The summed E-state index contributed by atoms with van der Waals surface area (Å²) < 4.78 is 112. The summed E-state index contributed by atoms with van der Waals surface area (Å²) >= 11 is 0. The SMILES string of the molecule is [2H]C([2H])([2H])C(=O)N1CC[C@@H](Nc2nc(OC)c3c(-c4ccc5nnn(CC(F)(F)F)c5c4)c(F)cn3n2)C(F)(F)C1. The number of nitrogens with one attached hydrogen (secondary N) is 1. The number of piperidine rings is 1. The van der Waals surface area contributed by atoms with Gasteiger partial charge in [-0.3, -0.25) is 4.79 Å². The van der Waals surface area contributed by atoms with E-state index in [1.54, 1.807) is 0 Å². The number of alkyl halides is 5.